The number of methoxy groups -OCH3 is 2. The van der Waals surface area contributed by atoms with Crippen LogP contribution in [0.25, 0.3) is 0 Å². The van der Waals surface area contributed by atoms with Crippen molar-refractivity contribution >= 4 is 25.9 Å². The van der Waals surface area contributed by atoms with Gasteiger partial charge in [-0.05, 0) is 6.92 Å². The molecule has 0 aliphatic rings. The second-order valence-electron chi connectivity index (χ2n) is 3.88. The van der Waals surface area contributed by atoms with Crippen LogP contribution in [-0.4, -0.2) is 41.0 Å². The lowest BCUT2D eigenvalue weighted by Crippen LogP contribution is -2.25. The molecule has 9 nitrogen and oxygen atoms in total. The van der Waals surface area contributed by atoms with Crippen molar-refractivity contribution in [1.29, 1.82) is 0 Å². The first-order valence-electron chi connectivity index (χ1n) is 5.44. The smallest absolute Gasteiger partial charge is 0.398 e. The second kappa shape index (κ2) is 6.05. The van der Waals surface area contributed by atoms with Gasteiger partial charge in [0, 0.05) is 12.1 Å². The highest BCUT2D eigenvalue weighted by Gasteiger charge is 2.32. The molecule has 120 valence electrons. The van der Waals surface area contributed by atoms with Crippen molar-refractivity contribution in [1.82, 2.24) is 0 Å². The summed E-state index contributed by atoms with van der Waals surface area (Å²) in [6, 6.07) is 2.29. The van der Waals surface area contributed by atoms with Gasteiger partial charge in [-0.2, -0.15) is 8.42 Å². The van der Waals surface area contributed by atoms with Crippen molar-refractivity contribution in [3.63, 3.8) is 0 Å². The van der Waals surface area contributed by atoms with Crippen LogP contribution in [0.5, 0.6) is 11.5 Å². The van der Waals surface area contributed by atoms with Gasteiger partial charge < -0.3 is 15.2 Å². The average molecular weight is 341 g/mol. The highest BCUT2D eigenvalue weighted by atomic mass is 32.3. The van der Waals surface area contributed by atoms with E-state index in [1.54, 1.807) is 0 Å². The van der Waals surface area contributed by atoms with Crippen LogP contribution in [0.4, 0.5) is 5.69 Å². The van der Waals surface area contributed by atoms with Crippen molar-refractivity contribution in [2.24, 2.45) is 0 Å². The van der Waals surface area contributed by atoms with Gasteiger partial charge in [0.25, 0.3) is 0 Å². The number of hydrogen-bond acceptors (Lipinski definition) is 8. The van der Waals surface area contributed by atoms with E-state index in [0.29, 0.717) is 0 Å². The van der Waals surface area contributed by atoms with Crippen molar-refractivity contribution < 1.29 is 35.0 Å². The minimum absolute atomic E-state index is 0.0634. The average Bonchev–Trinajstić information content (AvgIpc) is 2.35. The van der Waals surface area contributed by atoms with E-state index >= 15 is 0 Å². The predicted octanol–water partition coefficient (Wildman–Crippen LogP) is 0.225. The Morgan fingerprint density at radius 3 is 2.05 bits per heavy atom. The summed E-state index contributed by atoms with van der Waals surface area (Å²) in [5, 5.41) is 0. The lowest BCUT2D eigenvalue weighted by Gasteiger charge is -2.16. The van der Waals surface area contributed by atoms with E-state index in [4.69, 9.17) is 19.8 Å². The number of nitrogen functional groups attached to an aromatic ring is 1. The fraction of sp³-hybridized carbons (Fsp3) is 0.400. The largest absolute Gasteiger partial charge is 0.495 e. The standard InChI is InChI=1S/C10H15NO8S2/c1-6(19-21(14,15)16)20(12,13)10-5-8(17-2)7(11)4-9(10)18-3/h4-6H,11H2,1-3H3,(H,14,15,16). The zero-order valence-electron chi connectivity index (χ0n) is 11.4. The molecular formula is C10H15NO8S2. The topological polar surface area (TPSA) is 142 Å². The molecular weight excluding hydrogens is 326 g/mol. The number of hydrogen-bond donors (Lipinski definition) is 2. The van der Waals surface area contributed by atoms with Crippen LogP contribution in [-0.2, 0) is 24.4 Å². The third-order valence-corrected chi connectivity index (χ3v) is 5.07. The Morgan fingerprint density at radius 1 is 1.10 bits per heavy atom. The van der Waals surface area contributed by atoms with Gasteiger partial charge in [-0.15, -0.1) is 0 Å². The van der Waals surface area contributed by atoms with Gasteiger partial charge in [-0.25, -0.2) is 12.6 Å². The molecule has 1 aromatic rings. The van der Waals surface area contributed by atoms with Crippen LogP contribution in [0.15, 0.2) is 17.0 Å². The van der Waals surface area contributed by atoms with Crippen LogP contribution < -0.4 is 15.2 Å². The van der Waals surface area contributed by atoms with Crippen LogP contribution >= 0.6 is 0 Å². The van der Waals surface area contributed by atoms with Gasteiger partial charge in [0.15, 0.2) is 5.44 Å². The molecule has 0 bridgehead atoms. The first kappa shape index (κ1) is 17.5. The summed E-state index contributed by atoms with van der Waals surface area (Å²) in [5.41, 5.74) is 3.90. The minimum atomic E-state index is -4.93. The molecule has 0 aliphatic heterocycles. The van der Waals surface area contributed by atoms with Crippen LogP contribution in [0.1, 0.15) is 6.92 Å². The second-order valence-corrected chi connectivity index (χ2v) is 7.12. The molecule has 1 rings (SSSR count). The van der Waals surface area contributed by atoms with E-state index in [1.165, 1.54) is 20.3 Å². The number of ether oxygens (including phenoxy) is 2. The summed E-state index contributed by atoms with van der Waals surface area (Å²) >= 11 is 0. The maximum absolute atomic E-state index is 12.3. The van der Waals surface area contributed by atoms with E-state index in [0.717, 1.165) is 13.0 Å². The summed E-state index contributed by atoms with van der Waals surface area (Å²) in [6.07, 6.45) is 0. The van der Waals surface area contributed by atoms with E-state index in [1.807, 2.05) is 0 Å². The van der Waals surface area contributed by atoms with E-state index < -0.39 is 25.7 Å². The van der Waals surface area contributed by atoms with Crippen molar-refractivity contribution in [2.75, 3.05) is 20.0 Å². The van der Waals surface area contributed by atoms with Gasteiger partial charge in [-0.3, -0.25) is 4.55 Å². The van der Waals surface area contributed by atoms with Crippen molar-refractivity contribution in [3.05, 3.63) is 12.1 Å². The first-order valence-corrected chi connectivity index (χ1v) is 8.35. The number of rotatable bonds is 6. The summed E-state index contributed by atoms with van der Waals surface area (Å²) in [4.78, 5) is -0.382. The third-order valence-electron chi connectivity index (χ3n) is 2.52. The molecule has 1 unspecified atom stereocenters. The Hall–Kier alpha value is -1.56. The molecule has 0 heterocycles. The predicted molar refractivity (Wildman–Crippen MR) is 73.2 cm³/mol. The summed E-state index contributed by atoms with van der Waals surface area (Å²) in [7, 11) is -6.72. The number of anilines is 1. The first-order chi connectivity index (χ1) is 9.52. The maximum atomic E-state index is 12.3. The van der Waals surface area contributed by atoms with Gasteiger partial charge in [-0.1, -0.05) is 0 Å². The Kier molecular flexibility index (Phi) is 5.04. The minimum Gasteiger partial charge on any atom is -0.495 e. The maximum Gasteiger partial charge on any atom is 0.398 e. The molecule has 0 spiro atoms. The number of benzene rings is 1. The van der Waals surface area contributed by atoms with Crippen molar-refractivity contribution in [2.45, 2.75) is 17.3 Å². The molecule has 0 fully saturated rings. The van der Waals surface area contributed by atoms with Gasteiger partial charge in [0.05, 0.1) is 19.9 Å². The third kappa shape index (κ3) is 3.97. The quantitative estimate of drug-likeness (QED) is 0.549. The summed E-state index contributed by atoms with van der Waals surface area (Å²) in [5.74, 6) is -0.0486. The fourth-order valence-corrected chi connectivity index (χ4v) is 3.62. The Morgan fingerprint density at radius 2 is 1.62 bits per heavy atom. The zero-order valence-corrected chi connectivity index (χ0v) is 13.1. The molecule has 0 amide bonds. The van der Waals surface area contributed by atoms with E-state index in [2.05, 4.69) is 4.18 Å². The normalized spacial score (nSPS) is 13.7. The SMILES string of the molecule is COc1cc(S(=O)(=O)C(C)OS(=O)(=O)O)c(OC)cc1N. The van der Waals surface area contributed by atoms with Crippen LogP contribution in [0.3, 0.4) is 0 Å². The lowest BCUT2D eigenvalue weighted by atomic mass is 10.3. The molecule has 21 heavy (non-hydrogen) atoms. The highest BCUT2D eigenvalue weighted by Crippen LogP contribution is 2.35. The molecule has 3 N–H and O–H groups in total. The van der Waals surface area contributed by atoms with Crippen LogP contribution in [0, 0.1) is 0 Å². The summed E-state index contributed by atoms with van der Waals surface area (Å²) in [6.45, 7) is 0.950. The number of nitrogens with two attached hydrogens (primary N) is 1. The van der Waals surface area contributed by atoms with Gasteiger partial charge >= 0.3 is 10.4 Å². The summed E-state index contributed by atoms with van der Waals surface area (Å²) < 4.78 is 68.3. The molecule has 1 aromatic carbocycles. The Balaban J connectivity index is 3.43. The Labute approximate surface area is 122 Å². The monoisotopic (exact) mass is 341 g/mol. The molecule has 0 aromatic heterocycles. The molecule has 0 radical (unpaired) electrons. The van der Waals surface area contributed by atoms with Crippen molar-refractivity contribution in [3.8, 4) is 11.5 Å². The molecule has 11 heteroatoms. The van der Waals surface area contributed by atoms with E-state index in [9.17, 15) is 16.8 Å². The molecule has 0 saturated heterocycles. The van der Waals surface area contributed by atoms with Gasteiger partial charge in [0.2, 0.25) is 9.84 Å². The number of sulfone groups is 1. The molecule has 1 atom stereocenters. The lowest BCUT2D eigenvalue weighted by molar-refractivity contribution is 0.251. The highest BCUT2D eigenvalue weighted by molar-refractivity contribution is 7.92. The van der Waals surface area contributed by atoms with E-state index in [-0.39, 0.29) is 22.1 Å². The van der Waals surface area contributed by atoms with Crippen LogP contribution in [0.2, 0.25) is 0 Å². The van der Waals surface area contributed by atoms with Gasteiger partial charge in [0.1, 0.15) is 16.4 Å². The Bertz CT molecular complexity index is 726. The zero-order chi connectivity index (χ0) is 16.4. The molecule has 0 saturated carbocycles. The fourth-order valence-electron chi connectivity index (χ4n) is 1.52. The molecule has 0 aliphatic carbocycles.